The second kappa shape index (κ2) is 6.14. The molecule has 1 amide bonds. The van der Waals surface area contributed by atoms with Crippen LogP contribution in [0.15, 0.2) is 17.5 Å². The zero-order valence-corrected chi connectivity index (χ0v) is 15.9. The molecule has 2 heterocycles. The van der Waals surface area contributed by atoms with Gasteiger partial charge in [0.25, 0.3) is 0 Å². The highest BCUT2D eigenvalue weighted by atomic mass is 32.1. The van der Waals surface area contributed by atoms with Crippen LogP contribution in [0.5, 0.6) is 0 Å². The first kappa shape index (κ1) is 16.6. The third-order valence-electron chi connectivity index (χ3n) is 6.88. The van der Waals surface area contributed by atoms with E-state index in [1.807, 2.05) is 11.3 Å². The van der Waals surface area contributed by atoms with E-state index in [9.17, 15) is 4.79 Å². The maximum absolute atomic E-state index is 12.5. The van der Waals surface area contributed by atoms with Gasteiger partial charge in [0.05, 0.1) is 5.54 Å². The molecule has 3 fully saturated rings. The summed E-state index contributed by atoms with van der Waals surface area (Å²) in [5, 5.41) is 2.20. The van der Waals surface area contributed by atoms with Crippen LogP contribution in [0, 0.1) is 11.3 Å². The molecule has 24 heavy (non-hydrogen) atoms. The lowest BCUT2D eigenvalue weighted by Crippen LogP contribution is -2.47. The number of rotatable bonds is 5. The Morgan fingerprint density at radius 1 is 1.25 bits per heavy atom. The number of carbonyl (C=O) groups excluding carboxylic acids is 1. The molecule has 4 heteroatoms. The van der Waals surface area contributed by atoms with Crippen LogP contribution in [0.3, 0.4) is 0 Å². The van der Waals surface area contributed by atoms with E-state index in [1.54, 1.807) is 0 Å². The van der Waals surface area contributed by atoms with Crippen molar-refractivity contribution in [2.45, 2.75) is 56.9 Å². The topological polar surface area (TPSA) is 23.6 Å². The number of carbonyl (C=O) groups is 1. The van der Waals surface area contributed by atoms with E-state index in [-0.39, 0.29) is 11.0 Å². The Morgan fingerprint density at radius 3 is 2.58 bits per heavy atom. The van der Waals surface area contributed by atoms with Gasteiger partial charge in [0.15, 0.2) is 0 Å². The van der Waals surface area contributed by atoms with E-state index < -0.39 is 0 Å². The van der Waals surface area contributed by atoms with Gasteiger partial charge in [-0.05, 0) is 69.0 Å². The molecule has 0 N–H and O–H groups in total. The molecule has 0 bridgehead atoms. The van der Waals surface area contributed by atoms with E-state index in [1.165, 1.54) is 49.8 Å². The standard InChI is InChI=1S/C20H30N2OS/c1-21(2)20(17-4-3-13-24-17)10-8-19(9-11-20)14-18(23)22(15-19)12-7-16-5-6-16/h3-4,13,16H,5-12,14-15H2,1-2H3. The normalized spacial score (nSPS) is 33.8. The molecule has 4 rings (SSSR count). The van der Waals surface area contributed by atoms with Crippen molar-refractivity contribution in [2.75, 3.05) is 27.2 Å². The quantitative estimate of drug-likeness (QED) is 0.801. The smallest absolute Gasteiger partial charge is 0.223 e. The molecule has 3 nitrogen and oxygen atoms in total. The number of hydrogen-bond donors (Lipinski definition) is 0. The molecular formula is C20H30N2OS. The molecule has 0 aromatic carbocycles. The Labute approximate surface area is 150 Å². The number of hydrogen-bond acceptors (Lipinski definition) is 3. The zero-order chi connectivity index (χ0) is 16.8. The summed E-state index contributed by atoms with van der Waals surface area (Å²) in [7, 11) is 4.44. The molecule has 1 aromatic heterocycles. The minimum Gasteiger partial charge on any atom is -0.342 e. The summed E-state index contributed by atoms with van der Waals surface area (Å²) in [6, 6.07) is 4.47. The van der Waals surface area contributed by atoms with Gasteiger partial charge in [-0.2, -0.15) is 0 Å². The Hall–Kier alpha value is -0.870. The van der Waals surface area contributed by atoms with Crippen LogP contribution in [0.25, 0.3) is 0 Å². The first-order valence-electron chi connectivity index (χ1n) is 9.52. The summed E-state index contributed by atoms with van der Waals surface area (Å²) in [6.07, 6.45) is 9.56. The number of nitrogens with zero attached hydrogens (tertiary/aromatic N) is 2. The molecule has 2 saturated carbocycles. The van der Waals surface area contributed by atoms with Crippen molar-refractivity contribution in [1.82, 2.24) is 9.80 Å². The van der Waals surface area contributed by atoms with E-state index in [4.69, 9.17) is 0 Å². The summed E-state index contributed by atoms with van der Waals surface area (Å²) < 4.78 is 0. The molecule has 132 valence electrons. The summed E-state index contributed by atoms with van der Waals surface area (Å²) >= 11 is 1.89. The highest BCUT2D eigenvalue weighted by molar-refractivity contribution is 7.10. The zero-order valence-electron chi connectivity index (χ0n) is 15.1. The van der Waals surface area contributed by atoms with Crippen molar-refractivity contribution in [1.29, 1.82) is 0 Å². The Balaban J connectivity index is 1.44. The highest BCUT2D eigenvalue weighted by Crippen LogP contribution is 2.53. The van der Waals surface area contributed by atoms with Crippen LogP contribution < -0.4 is 0 Å². The lowest BCUT2D eigenvalue weighted by molar-refractivity contribution is -0.128. The maximum atomic E-state index is 12.5. The lowest BCUT2D eigenvalue weighted by atomic mass is 9.66. The lowest BCUT2D eigenvalue weighted by Gasteiger charge is -2.48. The molecule has 1 aromatic rings. The average molecular weight is 347 g/mol. The van der Waals surface area contributed by atoms with Crippen molar-refractivity contribution in [3.8, 4) is 0 Å². The molecule has 0 radical (unpaired) electrons. The first-order valence-corrected chi connectivity index (χ1v) is 10.4. The van der Waals surface area contributed by atoms with E-state index in [2.05, 4.69) is 41.4 Å². The number of thiophene rings is 1. The van der Waals surface area contributed by atoms with Gasteiger partial charge < -0.3 is 4.90 Å². The van der Waals surface area contributed by atoms with Gasteiger partial charge in [0, 0.05) is 24.4 Å². The van der Waals surface area contributed by atoms with Crippen LogP contribution in [0.1, 0.15) is 56.2 Å². The molecule has 1 spiro atoms. The fraction of sp³-hybridized carbons (Fsp3) is 0.750. The van der Waals surface area contributed by atoms with Gasteiger partial charge in [0.1, 0.15) is 0 Å². The number of amides is 1. The van der Waals surface area contributed by atoms with E-state index >= 15 is 0 Å². The van der Waals surface area contributed by atoms with E-state index in [0.29, 0.717) is 5.91 Å². The van der Waals surface area contributed by atoms with Crippen molar-refractivity contribution in [3.05, 3.63) is 22.4 Å². The highest BCUT2D eigenvalue weighted by Gasteiger charge is 2.50. The van der Waals surface area contributed by atoms with Gasteiger partial charge in [-0.15, -0.1) is 11.3 Å². The van der Waals surface area contributed by atoms with Gasteiger partial charge in [-0.25, -0.2) is 0 Å². The SMILES string of the molecule is CN(C)C1(c2cccs2)CCC2(CC1)CC(=O)N(CCC1CC1)C2. The molecule has 1 saturated heterocycles. The summed E-state index contributed by atoms with van der Waals surface area (Å²) in [6.45, 7) is 2.03. The Kier molecular flexibility index (Phi) is 4.24. The predicted molar refractivity (Wildman–Crippen MR) is 99.1 cm³/mol. The Morgan fingerprint density at radius 2 is 2.00 bits per heavy atom. The molecular weight excluding hydrogens is 316 g/mol. The van der Waals surface area contributed by atoms with Gasteiger partial charge in [0.2, 0.25) is 5.91 Å². The summed E-state index contributed by atoms with van der Waals surface area (Å²) in [5.41, 5.74) is 0.446. The van der Waals surface area contributed by atoms with Crippen LogP contribution in [0.2, 0.25) is 0 Å². The van der Waals surface area contributed by atoms with Crippen molar-refractivity contribution in [2.24, 2.45) is 11.3 Å². The second-order valence-corrected chi connectivity index (χ2v) is 9.58. The maximum Gasteiger partial charge on any atom is 0.223 e. The van der Waals surface area contributed by atoms with Crippen molar-refractivity contribution >= 4 is 17.2 Å². The summed E-state index contributed by atoms with van der Waals surface area (Å²) in [4.78, 5) is 18.6. The average Bonchev–Trinajstić information content (AvgIpc) is 3.12. The largest absolute Gasteiger partial charge is 0.342 e. The molecule has 0 atom stereocenters. The summed E-state index contributed by atoms with van der Waals surface area (Å²) in [5.74, 6) is 1.34. The minimum absolute atomic E-state index is 0.184. The van der Waals surface area contributed by atoms with E-state index in [0.717, 1.165) is 25.4 Å². The third kappa shape index (κ3) is 2.92. The molecule has 0 unspecified atom stereocenters. The molecule has 1 aliphatic heterocycles. The van der Waals surface area contributed by atoms with Crippen molar-refractivity contribution < 1.29 is 4.79 Å². The first-order chi connectivity index (χ1) is 11.5. The monoisotopic (exact) mass is 346 g/mol. The predicted octanol–water partition coefficient (Wildman–Crippen LogP) is 4.10. The van der Waals surface area contributed by atoms with Gasteiger partial charge >= 0.3 is 0 Å². The minimum atomic E-state index is 0.184. The Bertz CT molecular complexity index is 583. The van der Waals surface area contributed by atoms with Crippen LogP contribution in [-0.2, 0) is 10.3 Å². The van der Waals surface area contributed by atoms with Gasteiger partial charge in [-0.3, -0.25) is 9.69 Å². The van der Waals surface area contributed by atoms with Gasteiger partial charge in [-0.1, -0.05) is 18.9 Å². The molecule has 3 aliphatic rings. The fourth-order valence-electron chi connectivity index (χ4n) is 4.92. The van der Waals surface area contributed by atoms with Crippen LogP contribution >= 0.6 is 11.3 Å². The molecule has 2 aliphatic carbocycles. The number of likely N-dealkylation sites (tertiary alicyclic amines) is 1. The second-order valence-electron chi connectivity index (χ2n) is 8.63. The van der Waals surface area contributed by atoms with Crippen LogP contribution in [-0.4, -0.2) is 42.9 Å². The van der Waals surface area contributed by atoms with Crippen LogP contribution in [0.4, 0.5) is 0 Å². The fourth-order valence-corrected chi connectivity index (χ4v) is 5.98. The third-order valence-corrected chi connectivity index (χ3v) is 7.95. The van der Waals surface area contributed by atoms with Crippen molar-refractivity contribution in [3.63, 3.8) is 0 Å².